The molecule has 2 aromatic rings. The van der Waals surface area contributed by atoms with Gasteiger partial charge in [0.25, 0.3) is 0 Å². The zero-order valence-electron chi connectivity index (χ0n) is 23.2. The number of hydrogen-bond acceptors (Lipinski definition) is 7. The summed E-state index contributed by atoms with van der Waals surface area (Å²) in [6.07, 6.45) is 2.77. The molecule has 7 heteroatoms. The zero-order valence-corrected chi connectivity index (χ0v) is 23.2. The van der Waals surface area contributed by atoms with E-state index in [1.165, 1.54) is 5.56 Å². The van der Waals surface area contributed by atoms with Gasteiger partial charge in [0.15, 0.2) is 6.35 Å². The molecule has 7 nitrogen and oxygen atoms in total. The molecule has 0 bridgehead atoms. The fourth-order valence-electron chi connectivity index (χ4n) is 6.17. The molecule has 1 aliphatic carbocycles. The van der Waals surface area contributed by atoms with Crippen LogP contribution in [0.1, 0.15) is 57.6 Å². The Bertz CT molecular complexity index is 1040. The molecule has 2 fully saturated rings. The van der Waals surface area contributed by atoms with Crippen LogP contribution in [-0.2, 0) is 21.6 Å². The molecule has 1 unspecified atom stereocenters. The summed E-state index contributed by atoms with van der Waals surface area (Å²) in [6.45, 7) is 6.99. The van der Waals surface area contributed by atoms with E-state index in [4.69, 9.17) is 9.47 Å². The molecule has 1 atom stereocenters. The van der Waals surface area contributed by atoms with Crippen LogP contribution in [0.25, 0.3) is 0 Å². The van der Waals surface area contributed by atoms with Crippen molar-refractivity contribution in [1.82, 2.24) is 14.7 Å². The summed E-state index contributed by atoms with van der Waals surface area (Å²) >= 11 is 0. The van der Waals surface area contributed by atoms with Crippen molar-refractivity contribution in [3.63, 3.8) is 0 Å². The van der Waals surface area contributed by atoms with Crippen LogP contribution in [0.15, 0.2) is 54.6 Å². The Labute approximate surface area is 222 Å². The van der Waals surface area contributed by atoms with E-state index in [1.807, 2.05) is 49.9 Å². The highest BCUT2D eigenvalue weighted by Gasteiger charge is 2.55. The average Bonchev–Trinajstić information content (AvgIpc) is 3.09. The summed E-state index contributed by atoms with van der Waals surface area (Å²) in [5, 5.41) is 11.5. The number of carbonyl (C=O) groups excluding carboxylic acids is 1. The molecule has 0 amide bonds. The average molecular weight is 510 g/mol. The number of aliphatic hydroxyl groups excluding tert-OH is 1. The molecule has 1 N–H and O–H groups in total. The van der Waals surface area contributed by atoms with Crippen molar-refractivity contribution in [1.29, 1.82) is 0 Å². The Morgan fingerprint density at radius 1 is 1.03 bits per heavy atom. The normalized spacial score (nSPS) is 27.1. The molecule has 1 saturated heterocycles. The maximum absolute atomic E-state index is 13.0. The second kappa shape index (κ2) is 10.7. The number of hydrogen-bond donors (Lipinski definition) is 1. The van der Waals surface area contributed by atoms with E-state index < -0.39 is 12.0 Å². The number of nitrogens with zero attached hydrogens (tertiary/aromatic N) is 3. The fourth-order valence-corrected chi connectivity index (χ4v) is 6.17. The van der Waals surface area contributed by atoms with Gasteiger partial charge < -0.3 is 14.6 Å². The lowest BCUT2D eigenvalue weighted by molar-refractivity contribution is -0.165. The number of rotatable bonds is 7. The first-order valence-electron chi connectivity index (χ1n) is 13.2. The van der Waals surface area contributed by atoms with Gasteiger partial charge in [-0.25, -0.2) is 4.90 Å². The van der Waals surface area contributed by atoms with Gasteiger partial charge in [-0.2, -0.15) is 0 Å². The second-order valence-electron chi connectivity index (χ2n) is 11.8. The van der Waals surface area contributed by atoms with E-state index in [2.05, 4.69) is 54.2 Å². The molecule has 1 saturated carbocycles. The van der Waals surface area contributed by atoms with Crippen molar-refractivity contribution >= 4 is 5.97 Å². The van der Waals surface area contributed by atoms with E-state index in [1.54, 1.807) is 7.11 Å². The maximum Gasteiger partial charge on any atom is 0.320 e. The van der Waals surface area contributed by atoms with Gasteiger partial charge >= 0.3 is 5.97 Å². The Kier molecular flexibility index (Phi) is 8.00. The number of benzene rings is 2. The van der Waals surface area contributed by atoms with E-state index >= 15 is 0 Å². The Morgan fingerprint density at radius 2 is 1.65 bits per heavy atom. The molecule has 2 aliphatic rings. The van der Waals surface area contributed by atoms with E-state index in [0.717, 1.165) is 37.0 Å². The summed E-state index contributed by atoms with van der Waals surface area (Å²) < 4.78 is 11.0. The van der Waals surface area contributed by atoms with Gasteiger partial charge in [-0.05, 0) is 83.8 Å². The SMILES string of the molecule is COc1ccc(CN2C[C@]3(CC[C@](c4ccccc4)(N(C)C)CC3)N(CC(=O)OC(C)(C)C)C2O)cc1. The van der Waals surface area contributed by atoms with E-state index in [-0.39, 0.29) is 23.6 Å². The Morgan fingerprint density at radius 3 is 2.19 bits per heavy atom. The predicted molar refractivity (Wildman–Crippen MR) is 145 cm³/mol. The van der Waals surface area contributed by atoms with Crippen molar-refractivity contribution in [3.05, 3.63) is 65.7 Å². The topological polar surface area (TPSA) is 65.5 Å². The summed E-state index contributed by atoms with van der Waals surface area (Å²) in [6, 6.07) is 18.7. The van der Waals surface area contributed by atoms with Gasteiger partial charge in [-0.3, -0.25) is 14.6 Å². The highest BCUT2D eigenvalue weighted by atomic mass is 16.6. The van der Waals surface area contributed by atoms with Crippen molar-refractivity contribution in [2.24, 2.45) is 0 Å². The lowest BCUT2D eigenvalue weighted by Crippen LogP contribution is -2.57. The minimum atomic E-state index is -0.863. The minimum Gasteiger partial charge on any atom is -0.497 e. The molecular weight excluding hydrogens is 466 g/mol. The molecule has 1 heterocycles. The minimum absolute atomic E-state index is 0.0673. The molecule has 0 aromatic heterocycles. The van der Waals surface area contributed by atoms with Crippen molar-refractivity contribution in [2.45, 2.75) is 76.0 Å². The number of carbonyl (C=O) groups is 1. The van der Waals surface area contributed by atoms with E-state index in [9.17, 15) is 9.90 Å². The monoisotopic (exact) mass is 509 g/mol. The second-order valence-corrected chi connectivity index (χ2v) is 11.8. The summed E-state index contributed by atoms with van der Waals surface area (Å²) in [4.78, 5) is 19.4. The van der Waals surface area contributed by atoms with Gasteiger partial charge in [0.05, 0.1) is 7.11 Å². The predicted octanol–water partition coefficient (Wildman–Crippen LogP) is 4.20. The molecule has 2 aromatic carbocycles. The molecule has 4 rings (SSSR count). The molecule has 37 heavy (non-hydrogen) atoms. The third-order valence-electron chi connectivity index (χ3n) is 8.15. The van der Waals surface area contributed by atoms with Crippen LogP contribution in [0, 0.1) is 0 Å². The first-order chi connectivity index (χ1) is 17.5. The molecule has 1 aliphatic heterocycles. The van der Waals surface area contributed by atoms with E-state index in [0.29, 0.717) is 13.1 Å². The summed E-state index contributed by atoms with van der Waals surface area (Å²) in [5.41, 5.74) is 1.46. The molecule has 0 radical (unpaired) electrons. The standard InChI is InChI=1S/C30H43N3O4/c1-28(2,3)37-26(34)21-33-27(35)32(20-23-12-14-25(36-6)15-13-23)22-29(33)16-18-30(19-17-29,31(4)5)24-10-8-7-9-11-24/h7-15,27,35H,16-22H2,1-6H3/t27?,29-,30+. The first-order valence-corrected chi connectivity index (χ1v) is 13.2. The number of ether oxygens (including phenoxy) is 2. The van der Waals surface area contributed by atoms with Crippen LogP contribution < -0.4 is 4.74 Å². The van der Waals surface area contributed by atoms with Crippen LogP contribution in [0.3, 0.4) is 0 Å². The Balaban J connectivity index is 1.59. The summed E-state index contributed by atoms with van der Waals surface area (Å²) in [5.74, 6) is 0.506. The molecule has 202 valence electrons. The number of aliphatic hydroxyl groups is 1. The molecular formula is C30H43N3O4. The number of methoxy groups -OCH3 is 1. The quantitative estimate of drug-likeness (QED) is 0.561. The van der Waals surface area contributed by atoms with Crippen LogP contribution in [-0.4, -0.2) is 77.6 Å². The van der Waals surface area contributed by atoms with Crippen LogP contribution in [0.4, 0.5) is 0 Å². The maximum atomic E-state index is 13.0. The third kappa shape index (κ3) is 5.85. The first kappa shape index (κ1) is 27.6. The van der Waals surface area contributed by atoms with Crippen molar-refractivity contribution in [2.75, 3.05) is 34.3 Å². The largest absolute Gasteiger partial charge is 0.497 e. The van der Waals surface area contributed by atoms with Crippen LogP contribution in [0.2, 0.25) is 0 Å². The lowest BCUT2D eigenvalue weighted by atomic mass is 9.68. The van der Waals surface area contributed by atoms with Gasteiger partial charge in [-0.15, -0.1) is 0 Å². The zero-order chi connectivity index (χ0) is 26.8. The van der Waals surface area contributed by atoms with Gasteiger partial charge in [0.1, 0.15) is 17.9 Å². The third-order valence-corrected chi connectivity index (χ3v) is 8.15. The van der Waals surface area contributed by atoms with Gasteiger partial charge in [-0.1, -0.05) is 42.5 Å². The highest BCUT2D eigenvalue weighted by molar-refractivity contribution is 5.72. The molecule has 1 spiro atoms. The van der Waals surface area contributed by atoms with Crippen LogP contribution >= 0.6 is 0 Å². The number of esters is 1. The highest BCUT2D eigenvalue weighted by Crippen LogP contribution is 2.49. The van der Waals surface area contributed by atoms with Gasteiger partial charge in [0, 0.05) is 24.2 Å². The smallest absolute Gasteiger partial charge is 0.320 e. The summed E-state index contributed by atoms with van der Waals surface area (Å²) in [7, 11) is 5.97. The van der Waals surface area contributed by atoms with Crippen LogP contribution in [0.5, 0.6) is 5.75 Å². The van der Waals surface area contributed by atoms with Gasteiger partial charge in [0.2, 0.25) is 0 Å². The van der Waals surface area contributed by atoms with Crippen molar-refractivity contribution < 1.29 is 19.4 Å². The lowest BCUT2D eigenvalue weighted by Gasteiger charge is -2.51. The van der Waals surface area contributed by atoms with Crippen molar-refractivity contribution in [3.8, 4) is 5.75 Å². The fraction of sp³-hybridized carbons (Fsp3) is 0.567. The Hall–Kier alpha value is -2.45.